The molecule has 1 unspecified atom stereocenters. The van der Waals surface area contributed by atoms with E-state index < -0.39 is 0 Å². The molecule has 3 aromatic rings. The van der Waals surface area contributed by atoms with E-state index in [1.54, 1.807) is 37.5 Å². The maximum Gasteiger partial charge on any atom is 0.234 e. The van der Waals surface area contributed by atoms with E-state index in [1.807, 2.05) is 41.8 Å². The summed E-state index contributed by atoms with van der Waals surface area (Å²) in [6, 6.07) is 16.7. The van der Waals surface area contributed by atoms with Crippen LogP contribution in [0.25, 0.3) is 0 Å². The van der Waals surface area contributed by atoms with E-state index in [4.69, 9.17) is 9.47 Å². The fraction of sp³-hybridized carbons (Fsp3) is 0.227. The number of rotatable bonds is 10. The Morgan fingerprint density at radius 1 is 1.17 bits per heavy atom. The number of benzene rings is 2. The van der Waals surface area contributed by atoms with Crippen LogP contribution < -0.4 is 14.8 Å². The molecule has 0 saturated carbocycles. The highest BCUT2D eigenvalue weighted by Gasteiger charge is 2.19. The third kappa shape index (κ3) is 5.64. The second kappa shape index (κ2) is 10.5. The Hall–Kier alpha value is -3.26. The van der Waals surface area contributed by atoms with Crippen molar-refractivity contribution < 1.29 is 14.3 Å². The lowest BCUT2D eigenvalue weighted by Crippen LogP contribution is -2.15. The van der Waals surface area contributed by atoms with Crippen molar-refractivity contribution in [3.8, 4) is 11.5 Å². The molecule has 0 radical (unpaired) electrons. The van der Waals surface area contributed by atoms with E-state index in [0.29, 0.717) is 23.2 Å². The minimum atomic E-state index is -0.303. The van der Waals surface area contributed by atoms with Crippen LogP contribution in [0.2, 0.25) is 0 Å². The third-order valence-corrected chi connectivity index (χ3v) is 5.15. The number of allylic oxidation sites excluding steroid dienone is 1. The summed E-state index contributed by atoms with van der Waals surface area (Å²) < 4.78 is 13.0. The Morgan fingerprint density at radius 2 is 1.90 bits per heavy atom. The van der Waals surface area contributed by atoms with Crippen LogP contribution in [0, 0.1) is 0 Å². The molecule has 0 aliphatic rings. The van der Waals surface area contributed by atoms with Crippen LogP contribution in [0.3, 0.4) is 0 Å². The van der Waals surface area contributed by atoms with Crippen molar-refractivity contribution in [1.29, 1.82) is 0 Å². The fourth-order valence-corrected chi connectivity index (χ4v) is 3.52. The number of ether oxygens (including phenoxy) is 2. The number of thioether (sulfide) groups is 1. The number of methoxy groups -OCH3 is 1. The molecule has 1 amide bonds. The highest BCUT2D eigenvalue weighted by Crippen LogP contribution is 2.25. The Morgan fingerprint density at radius 3 is 2.57 bits per heavy atom. The topological polar surface area (TPSA) is 78.3 Å². The highest BCUT2D eigenvalue weighted by molar-refractivity contribution is 7.99. The fourth-order valence-electron chi connectivity index (χ4n) is 2.77. The third-order valence-electron chi connectivity index (χ3n) is 4.18. The van der Waals surface area contributed by atoms with E-state index in [-0.39, 0.29) is 17.8 Å². The molecule has 156 valence electrons. The predicted molar refractivity (Wildman–Crippen MR) is 118 cm³/mol. The van der Waals surface area contributed by atoms with E-state index in [2.05, 4.69) is 22.1 Å². The van der Waals surface area contributed by atoms with Crippen LogP contribution in [0.1, 0.15) is 18.9 Å². The summed E-state index contributed by atoms with van der Waals surface area (Å²) >= 11 is 1.32. The number of hydrogen-bond donors (Lipinski definition) is 1. The van der Waals surface area contributed by atoms with Gasteiger partial charge in [-0.1, -0.05) is 36.0 Å². The molecule has 8 heteroatoms. The van der Waals surface area contributed by atoms with Gasteiger partial charge in [0.1, 0.15) is 11.5 Å². The van der Waals surface area contributed by atoms with Gasteiger partial charge >= 0.3 is 0 Å². The number of amides is 1. The van der Waals surface area contributed by atoms with E-state index in [1.165, 1.54) is 11.8 Å². The van der Waals surface area contributed by atoms with Gasteiger partial charge in [-0.2, -0.15) is 0 Å². The number of hydrogen-bond acceptors (Lipinski definition) is 6. The molecule has 1 N–H and O–H groups in total. The maximum absolute atomic E-state index is 12.3. The van der Waals surface area contributed by atoms with Crippen molar-refractivity contribution in [1.82, 2.24) is 14.8 Å². The minimum absolute atomic E-state index is 0.131. The van der Waals surface area contributed by atoms with E-state index in [0.717, 1.165) is 11.5 Å². The first-order chi connectivity index (χ1) is 14.6. The minimum Gasteiger partial charge on any atom is -0.497 e. The smallest absolute Gasteiger partial charge is 0.234 e. The van der Waals surface area contributed by atoms with Gasteiger partial charge in [-0.05, 0) is 43.3 Å². The van der Waals surface area contributed by atoms with Gasteiger partial charge in [0.2, 0.25) is 5.91 Å². The Kier molecular flexibility index (Phi) is 7.51. The Bertz CT molecular complexity index is 974. The largest absolute Gasteiger partial charge is 0.497 e. The molecule has 0 aliphatic carbocycles. The number of aromatic nitrogens is 3. The molecule has 0 aliphatic heterocycles. The monoisotopic (exact) mass is 424 g/mol. The quantitative estimate of drug-likeness (QED) is 0.385. The summed E-state index contributed by atoms with van der Waals surface area (Å²) in [5, 5.41) is 12.0. The highest BCUT2D eigenvalue weighted by atomic mass is 32.2. The standard InChI is InChI=1S/C22H24N4O3S/c1-4-14-26-21(16(2)29-19-8-6-5-7-9-19)24-25-22(26)30-15-20(27)23-17-10-12-18(28-3)13-11-17/h4-13,16H,1,14-15H2,2-3H3,(H,23,27). The van der Waals surface area contributed by atoms with Crippen LogP contribution in [-0.4, -0.2) is 33.5 Å². The lowest BCUT2D eigenvalue weighted by atomic mass is 10.3. The molecular weight excluding hydrogens is 400 g/mol. The van der Waals surface area contributed by atoms with Gasteiger partial charge in [-0.3, -0.25) is 9.36 Å². The summed E-state index contributed by atoms with van der Waals surface area (Å²) in [6.45, 7) is 6.25. The van der Waals surface area contributed by atoms with E-state index >= 15 is 0 Å². The molecule has 3 rings (SSSR count). The van der Waals surface area contributed by atoms with Gasteiger partial charge < -0.3 is 14.8 Å². The number of nitrogens with one attached hydrogen (secondary N) is 1. The summed E-state index contributed by atoms with van der Waals surface area (Å²) in [4.78, 5) is 12.3. The number of carbonyl (C=O) groups is 1. The molecule has 1 atom stereocenters. The molecule has 0 spiro atoms. The Labute approximate surface area is 180 Å². The molecule has 0 fully saturated rings. The lowest BCUT2D eigenvalue weighted by Gasteiger charge is -2.15. The molecule has 1 aromatic heterocycles. The zero-order valence-electron chi connectivity index (χ0n) is 16.9. The normalized spacial score (nSPS) is 11.5. The lowest BCUT2D eigenvalue weighted by molar-refractivity contribution is -0.113. The predicted octanol–water partition coefficient (Wildman–Crippen LogP) is 4.34. The average Bonchev–Trinajstić information content (AvgIpc) is 3.16. The van der Waals surface area contributed by atoms with Crippen molar-refractivity contribution in [3.05, 3.63) is 73.1 Å². The number of anilines is 1. The van der Waals surface area contributed by atoms with Gasteiger partial charge in [0.15, 0.2) is 17.1 Å². The number of nitrogens with zero attached hydrogens (tertiary/aromatic N) is 3. The van der Waals surface area contributed by atoms with Crippen molar-refractivity contribution >= 4 is 23.4 Å². The second-order valence-electron chi connectivity index (χ2n) is 6.38. The summed E-state index contributed by atoms with van der Waals surface area (Å²) in [5.74, 6) is 2.24. The zero-order chi connectivity index (χ0) is 21.3. The van der Waals surface area contributed by atoms with Crippen molar-refractivity contribution in [2.24, 2.45) is 0 Å². The van der Waals surface area contributed by atoms with Crippen molar-refractivity contribution in [2.75, 3.05) is 18.2 Å². The molecule has 7 nitrogen and oxygen atoms in total. The summed E-state index contributed by atoms with van der Waals surface area (Å²) in [6.07, 6.45) is 1.46. The first-order valence-corrected chi connectivity index (χ1v) is 10.4. The Balaban J connectivity index is 1.63. The number of carbonyl (C=O) groups excluding carboxylic acids is 1. The van der Waals surface area contributed by atoms with Crippen LogP contribution in [-0.2, 0) is 11.3 Å². The molecule has 2 aromatic carbocycles. The van der Waals surface area contributed by atoms with Crippen molar-refractivity contribution in [2.45, 2.75) is 24.7 Å². The molecule has 1 heterocycles. The SMILES string of the molecule is C=CCn1c(SCC(=O)Nc2ccc(OC)cc2)nnc1C(C)Oc1ccccc1. The van der Waals surface area contributed by atoms with Crippen LogP contribution >= 0.6 is 11.8 Å². The summed E-state index contributed by atoms with van der Waals surface area (Å²) in [5.41, 5.74) is 0.708. The summed E-state index contributed by atoms with van der Waals surface area (Å²) in [7, 11) is 1.60. The maximum atomic E-state index is 12.3. The average molecular weight is 425 g/mol. The van der Waals surface area contributed by atoms with Gasteiger partial charge in [-0.15, -0.1) is 16.8 Å². The molecule has 0 bridgehead atoms. The van der Waals surface area contributed by atoms with Gasteiger partial charge in [-0.25, -0.2) is 0 Å². The van der Waals surface area contributed by atoms with Gasteiger partial charge in [0.05, 0.1) is 12.9 Å². The van der Waals surface area contributed by atoms with Crippen LogP contribution in [0.5, 0.6) is 11.5 Å². The zero-order valence-corrected chi connectivity index (χ0v) is 17.8. The molecule has 30 heavy (non-hydrogen) atoms. The van der Waals surface area contributed by atoms with Crippen LogP contribution in [0.15, 0.2) is 72.4 Å². The van der Waals surface area contributed by atoms with Gasteiger partial charge in [0, 0.05) is 12.2 Å². The van der Waals surface area contributed by atoms with Crippen molar-refractivity contribution in [3.63, 3.8) is 0 Å². The van der Waals surface area contributed by atoms with E-state index in [9.17, 15) is 4.79 Å². The van der Waals surface area contributed by atoms with Gasteiger partial charge in [0.25, 0.3) is 0 Å². The first kappa shape index (κ1) is 21.4. The second-order valence-corrected chi connectivity index (χ2v) is 7.32. The van der Waals surface area contributed by atoms with Crippen LogP contribution in [0.4, 0.5) is 5.69 Å². The first-order valence-electron chi connectivity index (χ1n) is 9.43. The molecular formula is C22H24N4O3S. The number of para-hydroxylation sites is 1. The molecule has 0 saturated heterocycles.